The van der Waals surface area contributed by atoms with Crippen molar-refractivity contribution in [3.8, 4) is 0 Å². The monoisotopic (exact) mass is 185 g/mol. The molecule has 0 unspecified atom stereocenters. The summed E-state index contributed by atoms with van der Waals surface area (Å²) in [5.41, 5.74) is 0.461. The highest BCUT2D eigenvalue weighted by atomic mass is 35.5. The van der Waals surface area contributed by atoms with E-state index in [0.717, 1.165) is 0 Å². The largest absolute Gasteiger partial charge is 0.240 e. The first-order valence-electron chi connectivity index (χ1n) is 3.21. The minimum Gasteiger partial charge on any atom is -0.211 e. The molecule has 0 saturated heterocycles. The molecule has 0 radical (unpaired) electrons. The van der Waals surface area contributed by atoms with E-state index >= 15 is 0 Å². The van der Waals surface area contributed by atoms with E-state index in [4.69, 9.17) is 11.6 Å². The van der Waals surface area contributed by atoms with Crippen molar-refractivity contribution in [2.75, 3.05) is 0 Å². The number of alkyl halides is 1. The van der Waals surface area contributed by atoms with Crippen LogP contribution in [0.25, 0.3) is 0 Å². The average Bonchev–Trinajstić information content (AvgIpc) is 2.05. The fourth-order valence-electron chi connectivity index (χ4n) is 0.833. The van der Waals surface area contributed by atoms with Crippen LogP contribution in [-0.2, 0) is 10.7 Å². The fraction of sp³-hybridized carbons (Fsp3) is 0.125. The smallest absolute Gasteiger partial charge is 0.211 e. The van der Waals surface area contributed by atoms with Crippen molar-refractivity contribution in [2.45, 2.75) is 5.88 Å². The number of rotatable bonds is 2. The first-order valence-corrected chi connectivity index (χ1v) is 3.74. The lowest BCUT2D eigenvalue weighted by Gasteiger charge is -1.99. The second kappa shape index (κ2) is 4.00. The van der Waals surface area contributed by atoms with Gasteiger partial charge in [0, 0.05) is 5.56 Å². The van der Waals surface area contributed by atoms with E-state index in [9.17, 15) is 9.18 Å². The first kappa shape index (κ1) is 8.91. The zero-order chi connectivity index (χ0) is 8.97. The molecule has 0 aliphatic heterocycles. The molecule has 0 heterocycles. The van der Waals surface area contributed by atoms with Gasteiger partial charge >= 0.3 is 0 Å². The van der Waals surface area contributed by atoms with E-state index in [1.54, 1.807) is 0 Å². The summed E-state index contributed by atoms with van der Waals surface area (Å²) in [5, 5.41) is 0. The molecule has 4 heteroatoms. The van der Waals surface area contributed by atoms with Crippen molar-refractivity contribution in [3.63, 3.8) is 0 Å². The molecule has 2 nitrogen and oxygen atoms in total. The molecular weight excluding hydrogens is 181 g/mol. The van der Waals surface area contributed by atoms with Gasteiger partial charge in [0.15, 0.2) is 0 Å². The number of carbonyl (C=O) groups excluding carboxylic acids is 1. The molecule has 0 bridgehead atoms. The Bertz CT molecular complexity index is 334. The van der Waals surface area contributed by atoms with Crippen LogP contribution in [0.1, 0.15) is 5.56 Å². The normalized spacial score (nSPS) is 9.17. The van der Waals surface area contributed by atoms with Crippen LogP contribution >= 0.6 is 11.6 Å². The highest BCUT2D eigenvalue weighted by molar-refractivity contribution is 6.17. The molecule has 12 heavy (non-hydrogen) atoms. The maximum absolute atomic E-state index is 12.9. The first-order chi connectivity index (χ1) is 5.79. The summed E-state index contributed by atoms with van der Waals surface area (Å²) in [5.74, 6) is -0.464. The van der Waals surface area contributed by atoms with Gasteiger partial charge in [0.25, 0.3) is 0 Å². The fourth-order valence-corrected chi connectivity index (χ4v) is 1.10. The Morgan fingerprint density at radius 1 is 1.58 bits per heavy atom. The number of halogens is 2. The third-order valence-corrected chi connectivity index (χ3v) is 1.66. The van der Waals surface area contributed by atoms with Crippen LogP contribution in [0.2, 0.25) is 0 Å². The van der Waals surface area contributed by atoms with Crippen LogP contribution in [0.15, 0.2) is 23.2 Å². The summed E-state index contributed by atoms with van der Waals surface area (Å²) in [4.78, 5) is 13.2. The van der Waals surface area contributed by atoms with Crippen molar-refractivity contribution in [1.82, 2.24) is 0 Å². The number of isocyanates is 1. The third kappa shape index (κ3) is 1.70. The maximum atomic E-state index is 12.9. The lowest BCUT2D eigenvalue weighted by atomic mass is 10.2. The highest BCUT2D eigenvalue weighted by Crippen LogP contribution is 2.22. The molecule has 0 spiro atoms. The van der Waals surface area contributed by atoms with Gasteiger partial charge in [0.1, 0.15) is 5.82 Å². The lowest BCUT2D eigenvalue weighted by molar-refractivity contribution is 0.565. The number of hydrogen-bond donors (Lipinski definition) is 0. The molecule has 0 aromatic heterocycles. The second-order valence-electron chi connectivity index (χ2n) is 2.07. The number of benzene rings is 1. The van der Waals surface area contributed by atoms with E-state index < -0.39 is 5.82 Å². The Kier molecular flexibility index (Phi) is 2.97. The van der Waals surface area contributed by atoms with Crippen LogP contribution in [0.3, 0.4) is 0 Å². The number of nitrogens with zero attached hydrogens (tertiary/aromatic N) is 1. The molecule has 62 valence electrons. The van der Waals surface area contributed by atoms with Gasteiger partial charge in [-0.2, -0.15) is 4.99 Å². The van der Waals surface area contributed by atoms with Gasteiger partial charge < -0.3 is 0 Å². The molecule has 1 aromatic rings. The van der Waals surface area contributed by atoms with Crippen LogP contribution in [0.5, 0.6) is 0 Å². The average molecular weight is 186 g/mol. The van der Waals surface area contributed by atoms with Crippen molar-refractivity contribution < 1.29 is 9.18 Å². The van der Waals surface area contributed by atoms with E-state index in [-0.39, 0.29) is 17.1 Å². The highest BCUT2D eigenvalue weighted by Gasteiger charge is 2.05. The summed E-state index contributed by atoms with van der Waals surface area (Å²) in [6.07, 6.45) is 1.34. The molecule has 0 atom stereocenters. The molecule has 0 amide bonds. The Morgan fingerprint density at radius 2 is 2.33 bits per heavy atom. The Balaban J connectivity index is 3.26. The minimum absolute atomic E-state index is 0.00676. The van der Waals surface area contributed by atoms with Gasteiger partial charge in [-0.3, -0.25) is 0 Å². The van der Waals surface area contributed by atoms with Crippen LogP contribution in [0, 0.1) is 5.82 Å². The van der Waals surface area contributed by atoms with Crippen LogP contribution < -0.4 is 0 Å². The topological polar surface area (TPSA) is 29.4 Å². The summed E-state index contributed by atoms with van der Waals surface area (Å²) in [7, 11) is 0. The number of aliphatic imine (C=N–C) groups is 1. The zero-order valence-electron chi connectivity index (χ0n) is 6.05. The van der Waals surface area contributed by atoms with Crippen molar-refractivity contribution in [2.24, 2.45) is 4.99 Å². The standard InChI is InChI=1S/C8H5ClFNO/c9-4-6-7(10)2-1-3-8(6)11-5-12/h1-3H,4H2. The molecule has 0 aliphatic rings. The summed E-state index contributed by atoms with van der Waals surface area (Å²) < 4.78 is 12.9. The number of hydrogen-bond acceptors (Lipinski definition) is 2. The molecule has 0 fully saturated rings. The predicted molar refractivity (Wildman–Crippen MR) is 43.7 cm³/mol. The molecule has 1 aromatic carbocycles. The van der Waals surface area contributed by atoms with Crippen molar-refractivity contribution >= 4 is 23.4 Å². The van der Waals surface area contributed by atoms with E-state index in [1.807, 2.05) is 0 Å². The molecule has 0 saturated carbocycles. The maximum Gasteiger partial charge on any atom is 0.240 e. The van der Waals surface area contributed by atoms with Crippen molar-refractivity contribution in [3.05, 3.63) is 29.6 Å². The predicted octanol–water partition coefficient (Wildman–Crippen LogP) is 2.53. The second-order valence-corrected chi connectivity index (χ2v) is 2.34. The zero-order valence-corrected chi connectivity index (χ0v) is 6.81. The van der Waals surface area contributed by atoms with Gasteiger partial charge in [-0.15, -0.1) is 11.6 Å². The molecule has 0 aliphatic carbocycles. The molecule has 1 rings (SSSR count). The summed E-state index contributed by atoms with van der Waals surface area (Å²) >= 11 is 5.44. The Labute approximate surface area is 73.7 Å². The molecular formula is C8H5ClFNO. The Morgan fingerprint density at radius 3 is 2.92 bits per heavy atom. The van der Waals surface area contributed by atoms with Gasteiger partial charge in [-0.1, -0.05) is 6.07 Å². The van der Waals surface area contributed by atoms with Gasteiger partial charge in [-0.05, 0) is 12.1 Å². The summed E-state index contributed by atoms with van der Waals surface area (Å²) in [6.45, 7) is 0. The Hall–Kier alpha value is -1.18. The van der Waals surface area contributed by atoms with Gasteiger partial charge in [0.05, 0.1) is 11.6 Å². The minimum atomic E-state index is -0.457. The van der Waals surface area contributed by atoms with Gasteiger partial charge in [-0.25, -0.2) is 9.18 Å². The quantitative estimate of drug-likeness (QED) is 0.396. The van der Waals surface area contributed by atoms with E-state index in [2.05, 4.69) is 4.99 Å². The SMILES string of the molecule is O=C=Nc1cccc(F)c1CCl. The van der Waals surface area contributed by atoms with Crippen LogP contribution in [0.4, 0.5) is 10.1 Å². The van der Waals surface area contributed by atoms with E-state index in [1.165, 1.54) is 24.3 Å². The third-order valence-electron chi connectivity index (χ3n) is 1.39. The molecule has 0 N–H and O–H groups in total. The van der Waals surface area contributed by atoms with Crippen LogP contribution in [-0.4, -0.2) is 6.08 Å². The summed E-state index contributed by atoms with van der Waals surface area (Å²) in [6, 6.07) is 4.23. The van der Waals surface area contributed by atoms with E-state index in [0.29, 0.717) is 0 Å². The van der Waals surface area contributed by atoms with Crippen molar-refractivity contribution in [1.29, 1.82) is 0 Å². The lowest BCUT2D eigenvalue weighted by Crippen LogP contribution is -1.85. The van der Waals surface area contributed by atoms with Gasteiger partial charge in [0.2, 0.25) is 6.08 Å².